The van der Waals surface area contributed by atoms with Gasteiger partial charge < -0.3 is 15.2 Å². The topological polar surface area (TPSA) is 71.5 Å². The Bertz CT molecular complexity index is 599. The lowest BCUT2D eigenvalue weighted by Gasteiger charge is -2.11. The molecule has 0 spiro atoms. The Kier molecular flexibility index (Phi) is 6.56. The largest absolute Gasteiger partial charge is 0.487 e. The second-order valence-electron chi connectivity index (χ2n) is 5.46. The van der Waals surface area contributed by atoms with Gasteiger partial charge in [0.25, 0.3) is 5.91 Å². The minimum Gasteiger partial charge on any atom is -0.487 e. The number of amides is 1. The van der Waals surface area contributed by atoms with Gasteiger partial charge in [0.2, 0.25) is 0 Å². The van der Waals surface area contributed by atoms with Crippen molar-refractivity contribution in [3.63, 3.8) is 0 Å². The molecule has 2 aromatic rings. The molecule has 5 heteroatoms. The summed E-state index contributed by atoms with van der Waals surface area (Å²) in [5.41, 5.74) is 1.44. The van der Waals surface area contributed by atoms with Gasteiger partial charge in [0, 0.05) is 24.9 Å². The lowest BCUT2D eigenvalue weighted by Crippen LogP contribution is -2.28. The first-order valence-corrected chi connectivity index (χ1v) is 7.71. The average Bonchev–Trinajstić information content (AvgIpc) is 2.59. The van der Waals surface area contributed by atoms with E-state index in [1.54, 1.807) is 30.5 Å². The Morgan fingerprint density at radius 3 is 2.70 bits per heavy atom. The molecule has 0 bridgehead atoms. The van der Waals surface area contributed by atoms with Gasteiger partial charge >= 0.3 is 0 Å². The number of hydrogen-bond acceptors (Lipinski definition) is 4. The molecule has 1 unspecified atom stereocenters. The SMILES string of the molecule is CC(CCO)CNC(=O)c1ccc(OCc2ccccn2)cc1. The quantitative estimate of drug-likeness (QED) is 0.785. The Hall–Kier alpha value is -2.40. The Morgan fingerprint density at radius 1 is 1.26 bits per heavy atom. The fourth-order valence-corrected chi connectivity index (χ4v) is 2.03. The minimum atomic E-state index is -0.119. The summed E-state index contributed by atoms with van der Waals surface area (Å²) in [5, 5.41) is 11.7. The van der Waals surface area contributed by atoms with Crippen LogP contribution < -0.4 is 10.1 Å². The number of carbonyl (C=O) groups is 1. The third-order valence-electron chi connectivity index (χ3n) is 3.46. The van der Waals surface area contributed by atoms with Crippen LogP contribution in [0.25, 0.3) is 0 Å². The van der Waals surface area contributed by atoms with Crippen molar-refractivity contribution < 1.29 is 14.6 Å². The van der Waals surface area contributed by atoms with Gasteiger partial charge in [-0.3, -0.25) is 9.78 Å². The first-order valence-electron chi connectivity index (χ1n) is 7.71. The molecule has 1 amide bonds. The minimum absolute atomic E-state index is 0.119. The molecule has 2 rings (SSSR count). The van der Waals surface area contributed by atoms with Crippen LogP contribution in [0.4, 0.5) is 0 Å². The Balaban J connectivity index is 1.82. The number of aliphatic hydroxyl groups excluding tert-OH is 1. The molecule has 0 saturated heterocycles. The molecule has 0 fully saturated rings. The molecular weight excluding hydrogens is 292 g/mol. The predicted molar refractivity (Wildman–Crippen MR) is 88.2 cm³/mol. The van der Waals surface area contributed by atoms with Crippen LogP contribution in [0.1, 0.15) is 29.4 Å². The lowest BCUT2D eigenvalue weighted by molar-refractivity contribution is 0.0945. The van der Waals surface area contributed by atoms with Gasteiger partial charge in [0.1, 0.15) is 12.4 Å². The maximum Gasteiger partial charge on any atom is 0.251 e. The van der Waals surface area contributed by atoms with E-state index in [0.717, 1.165) is 5.69 Å². The smallest absolute Gasteiger partial charge is 0.251 e. The van der Waals surface area contributed by atoms with E-state index in [9.17, 15) is 4.79 Å². The molecule has 0 aliphatic rings. The Labute approximate surface area is 136 Å². The molecule has 1 heterocycles. The van der Waals surface area contributed by atoms with E-state index < -0.39 is 0 Å². The van der Waals surface area contributed by atoms with Crippen LogP contribution in [-0.4, -0.2) is 29.1 Å². The number of benzene rings is 1. The van der Waals surface area contributed by atoms with E-state index in [-0.39, 0.29) is 18.4 Å². The number of pyridine rings is 1. The molecule has 23 heavy (non-hydrogen) atoms. The predicted octanol–water partition coefficient (Wildman–Crippen LogP) is 2.41. The first kappa shape index (κ1) is 17.0. The van der Waals surface area contributed by atoms with Crippen molar-refractivity contribution in [1.82, 2.24) is 10.3 Å². The van der Waals surface area contributed by atoms with Crippen LogP contribution in [0.3, 0.4) is 0 Å². The summed E-state index contributed by atoms with van der Waals surface area (Å²) in [6.07, 6.45) is 2.41. The van der Waals surface area contributed by atoms with Crippen LogP contribution in [0.5, 0.6) is 5.75 Å². The highest BCUT2D eigenvalue weighted by Gasteiger charge is 2.08. The number of ether oxygens (including phenoxy) is 1. The summed E-state index contributed by atoms with van der Waals surface area (Å²) in [6.45, 7) is 3.08. The summed E-state index contributed by atoms with van der Waals surface area (Å²) >= 11 is 0. The van der Waals surface area contributed by atoms with Crippen LogP contribution in [0.2, 0.25) is 0 Å². The fraction of sp³-hybridized carbons (Fsp3) is 0.333. The van der Waals surface area contributed by atoms with Gasteiger partial charge in [0.15, 0.2) is 0 Å². The zero-order valence-electron chi connectivity index (χ0n) is 13.2. The number of carbonyl (C=O) groups excluding carboxylic acids is 1. The van der Waals surface area contributed by atoms with E-state index >= 15 is 0 Å². The first-order chi connectivity index (χ1) is 11.2. The van der Waals surface area contributed by atoms with Crippen molar-refractivity contribution in [3.8, 4) is 5.75 Å². The zero-order valence-corrected chi connectivity index (χ0v) is 13.2. The van der Waals surface area contributed by atoms with Gasteiger partial charge in [0.05, 0.1) is 5.69 Å². The highest BCUT2D eigenvalue weighted by Crippen LogP contribution is 2.14. The summed E-state index contributed by atoms with van der Waals surface area (Å²) in [4.78, 5) is 16.2. The molecule has 0 radical (unpaired) electrons. The van der Waals surface area contributed by atoms with Gasteiger partial charge in [-0.25, -0.2) is 0 Å². The normalized spacial score (nSPS) is 11.7. The van der Waals surface area contributed by atoms with Crippen molar-refractivity contribution >= 4 is 5.91 Å². The molecule has 0 aliphatic carbocycles. The van der Waals surface area contributed by atoms with Crippen LogP contribution >= 0.6 is 0 Å². The standard InChI is InChI=1S/C18H22N2O3/c1-14(9-11-21)12-20-18(22)15-5-7-17(8-6-15)23-13-16-4-2-3-10-19-16/h2-8,10,14,21H,9,11-13H2,1H3,(H,20,22). The van der Waals surface area contributed by atoms with Crippen LogP contribution in [0.15, 0.2) is 48.7 Å². The number of hydrogen-bond donors (Lipinski definition) is 2. The number of aromatic nitrogens is 1. The Morgan fingerprint density at radius 2 is 2.04 bits per heavy atom. The monoisotopic (exact) mass is 314 g/mol. The molecule has 1 aromatic carbocycles. The van der Waals surface area contributed by atoms with Gasteiger partial charge in [-0.1, -0.05) is 13.0 Å². The van der Waals surface area contributed by atoms with Crippen LogP contribution in [-0.2, 0) is 6.61 Å². The number of nitrogens with zero attached hydrogens (tertiary/aromatic N) is 1. The van der Waals surface area contributed by atoms with Crippen molar-refractivity contribution in [2.75, 3.05) is 13.2 Å². The summed E-state index contributed by atoms with van der Waals surface area (Å²) in [7, 11) is 0. The third kappa shape index (κ3) is 5.71. The molecule has 2 N–H and O–H groups in total. The van der Waals surface area contributed by atoms with Crippen molar-refractivity contribution in [1.29, 1.82) is 0 Å². The van der Waals surface area contributed by atoms with Crippen molar-refractivity contribution in [2.45, 2.75) is 20.0 Å². The summed E-state index contributed by atoms with van der Waals surface area (Å²) in [6, 6.07) is 12.7. The molecular formula is C18H22N2O3. The van der Waals surface area contributed by atoms with Crippen LogP contribution in [0, 0.1) is 5.92 Å². The number of aliphatic hydroxyl groups is 1. The maximum atomic E-state index is 12.0. The molecule has 0 aliphatic heterocycles. The summed E-state index contributed by atoms with van der Waals surface area (Å²) < 4.78 is 5.63. The van der Waals surface area contributed by atoms with Gasteiger partial charge in [-0.05, 0) is 48.7 Å². The van der Waals surface area contributed by atoms with Crippen molar-refractivity contribution in [3.05, 3.63) is 59.9 Å². The second-order valence-corrected chi connectivity index (χ2v) is 5.46. The summed E-state index contributed by atoms with van der Waals surface area (Å²) in [5.74, 6) is 0.830. The lowest BCUT2D eigenvalue weighted by atomic mass is 10.1. The van der Waals surface area contributed by atoms with Gasteiger partial charge in [-0.2, -0.15) is 0 Å². The zero-order chi connectivity index (χ0) is 16.5. The van der Waals surface area contributed by atoms with E-state index in [0.29, 0.717) is 30.9 Å². The van der Waals surface area contributed by atoms with E-state index in [1.807, 2.05) is 25.1 Å². The fourth-order valence-electron chi connectivity index (χ4n) is 2.03. The highest BCUT2D eigenvalue weighted by atomic mass is 16.5. The molecule has 5 nitrogen and oxygen atoms in total. The van der Waals surface area contributed by atoms with Crippen molar-refractivity contribution in [2.24, 2.45) is 5.92 Å². The highest BCUT2D eigenvalue weighted by molar-refractivity contribution is 5.94. The molecule has 122 valence electrons. The number of nitrogens with one attached hydrogen (secondary N) is 1. The molecule has 1 atom stereocenters. The number of rotatable bonds is 8. The van der Waals surface area contributed by atoms with Gasteiger partial charge in [-0.15, -0.1) is 0 Å². The van der Waals surface area contributed by atoms with E-state index in [4.69, 9.17) is 9.84 Å². The third-order valence-corrected chi connectivity index (χ3v) is 3.46. The molecule has 0 saturated carbocycles. The second kappa shape index (κ2) is 8.90. The van der Waals surface area contributed by atoms with E-state index in [2.05, 4.69) is 10.3 Å². The van der Waals surface area contributed by atoms with E-state index in [1.165, 1.54) is 0 Å². The maximum absolute atomic E-state index is 12.0. The average molecular weight is 314 g/mol. The molecule has 1 aromatic heterocycles.